The first kappa shape index (κ1) is 17.9. The maximum Gasteiger partial charge on any atom is 0.251 e. The van der Waals surface area contributed by atoms with Gasteiger partial charge >= 0.3 is 0 Å². The number of rotatable bonds is 7. The van der Waals surface area contributed by atoms with Gasteiger partial charge in [-0.2, -0.15) is 0 Å². The minimum absolute atomic E-state index is 0.0758. The molecule has 1 aromatic heterocycles. The van der Waals surface area contributed by atoms with Gasteiger partial charge in [0.1, 0.15) is 5.75 Å². The lowest BCUT2D eigenvalue weighted by molar-refractivity contribution is 0.0954. The number of sulfonamides is 1. The summed E-state index contributed by atoms with van der Waals surface area (Å²) in [6.45, 7) is 0.238. The molecule has 0 unspecified atom stereocenters. The van der Waals surface area contributed by atoms with E-state index in [1.807, 2.05) is 0 Å². The number of ether oxygens (including phenoxy) is 1. The van der Waals surface area contributed by atoms with Crippen molar-refractivity contribution in [2.75, 3.05) is 20.2 Å². The Morgan fingerprint density at radius 1 is 1.15 bits per heavy atom. The molecule has 0 fully saturated rings. The van der Waals surface area contributed by atoms with E-state index in [9.17, 15) is 13.2 Å². The molecular weight excluding hydrogens is 356 g/mol. The minimum atomic E-state index is -3.64. The smallest absolute Gasteiger partial charge is 0.251 e. The number of methoxy groups -OCH3 is 1. The number of carbonyl (C=O) groups excluding carboxylic acids is 1. The van der Waals surface area contributed by atoms with Gasteiger partial charge in [-0.15, -0.1) is 0 Å². The van der Waals surface area contributed by atoms with E-state index >= 15 is 0 Å². The molecule has 0 radical (unpaired) electrons. The van der Waals surface area contributed by atoms with Crippen LogP contribution in [0.3, 0.4) is 0 Å². The van der Waals surface area contributed by atoms with E-state index in [1.54, 1.807) is 36.7 Å². The number of carbonyl (C=O) groups is 1. The van der Waals surface area contributed by atoms with Crippen LogP contribution in [0.5, 0.6) is 5.75 Å². The lowest BCUT2D eigenvalue weighted by Crippen LogP contribution is -2.34. The maximum absolute atomic E-state index is 12.2. The molecule has 8 nitrogen and oxygen atoms in total. The molecule has 0 atom stereocenters. The predicted octanol–water partition coefficient (Wildman–Crippen LogP) is 1.28. The summed E-state index contributed by atoms with van der Waals surface area (Å²) in [5.74, 6) is 0.288. The van der Waals surface area contributed by atoms with Gasteiger partial charge in [-0.1, -0.05) is 0 Å². The summed E-state index contributed by atoms with van der Waals surface area (Å²) in [5.41, 5.74) is 2.01. The fraction of sp³-hybridized carbons (Fsp3) is 0.176. The van der Waals surface area contributed by atoms with Crippen molar-refractivity contribution in [3.63, 3.8) is 0 Å². The second-order valence-corrected chi connectivity index (χ2v) is 7.23. The van der Waals surface area contributed by atoms with Gasteiger partial charge < -0.3 is 15.0 Å². The van der Waals surface area contributed by atoms with Gasteiger partial charge in [0.15, 0.2) is 0 Å². The molecule has 3 aromatic rings. The summed E-state index contributed by atoms with van der Waals surface area (Å²) in [4.78, 5) is 19.3. The third-order valence-electron chi connectivity index (χ3n) is 3.75. The fourth-order valence-electron chi connectivity index (χ4n) is 2.38. The van der Waals surface area contributed by atoms with Gasteiger partial charge in [-0.05, 0) is 42.5 Å². The quantitative estimate of drug-likeness (QED) is 0.539. The van der Waals surface area contributed by atoms with E-state index in [0.717, 1.165) is 11.0 Å². The monoisotopic (exact) mass is 374 g/mol. The third kappa shape index (κ3) is 4.01. The highest BCUT2D eigenvalue weighted by atomic mass is 32.2. The van der Waals surface area contributed by atoms with Crippen molar-refractivity contribution >= 4 is 27.0 Å². The average Bonchev–Trinajstić information content (AvgIpc) is 3.13. The van der Waals surface area contributed by atoms with Gasteiger partial charge in [0.05, 0.1) is 29.4 Å². The summed E-state index contributed by atoms with van der Waals surface area (Å²) in [5, 5.41) is 2.68. The molecule has 3 N–H and O–H groups in total. The van der Waals surface area contributed by atoms with Crippen LogP contribution in [0.4, 0.5) is 0 Å². The molecule has 0 aliphatic carbocycles. The van der Waals surface area contributed by atoms with Gasteiger partial charge in [-0.25, -0.2) is 18.1 Å². The van der Waals surface area contributed by atoms with Crippen molar-refractivity contribution in [2.45, 2.75) is 4.90 Å². The molecule has 3 rings (SSSR count). The van der Waals surface area contributed by atoms with Crippen LogP contribution in [0.15, 0.2) is 53.7 Å². The van der Waals surface area contributed by atoms with E-state index in [4.69, 9.17) is 4.74 Å². The second-order valence-electron chi connectivity index (χ2n) is 5.46. The van der Waals surface area contributed by atoms with Crippen LogP contribution in [-0.4, -0.2) is 44.5 Å². The van der Waals surface area contributed by atoms with Crippen LogP contribution in [0.2, 0.25) is 0 Å². The van der Waals surface area contributed by atoms with E-state index in [2.05, 4.69) is 20.0 Å². The maximum atomic E-state index is 12.2. The molecule has 1 heterocycles. The largest absolute Gasteiger partial charge is 0.497 e. The van der Waals surface area contributed by atoms with Crippen molar-refractivity contribution < 1.29 is 17.9 Å². The van der Waals surface area contributed by atoms with Crippen molar-refractivity contribution in [1.29, 1.82) is 0 Å². The lowest BCUT2D eigenvalue weighted by atomic mass is 10.2. The molecule has 26 heavy (non-hydrogen) atoms. The number of hydrogen-bond donors (Lipinski definition) is 3. The number of H-pyrrole nitrogens is 1. The van der Waals surface area contributed by atoms with Crippen LogP contribution in [0, 0.1) is 0 Å². The topological polar surface area (TPSA) is 113 Å². The normalized spacial score (nSPS) is 11.4. The van der Waals surface area contributed by atoms with Crippen LogP contribution < -0.4 is 14.8 Å². The molecule has 0 saturated heterocycles. The highest BCUT2D eigenvalue weighted by Crippen LogP contribution is 2.15. The number of nitrogens with one attached hydrogen (secondary N) is 3. The zero-order valence-corrected chi connectivity index (χ0v) is 14.8. The Hall–Kier alpha value is -2.91. The Labute approximate surface area is 150 Å². The number of imidazole rings is 1. The number of benzene rings is 2. The molecule has 0 saturated carbocycles. The molecular formula is C17H18N4O4S. The fourth-order valence-corrected chi connectivity index (χ4v) is 3.41. The first-order valence-electron chi connectivity index (χ1n) is 7.85. The van der Waals surface area contributed by atoms with Gasteiger partial charge in [0.2, 0.25) is 10.0 Å². The van der Waals surface area contributed by atoms with Crippen molar-refractivity contribution in [3.05, 3.63) is 54.4 Å². The second kappa shape index (κ2) is 7.54. The Kier molecular flexibility index (Phi) is 5.19. The highest BCUT2D eigenvalue weighted by Gasteiger charge is 2.13. The third-order valence-corrected chi connectivity index (χ3v) is 5.23. The molecule has 0 spiro atoms. The minimum Gasteiger partial charge on any atom is -0.497 e. The Morgan fingerprint density at radius 3 is 2.65 bits per heavy atom. The molecule has 0 aliphatic heterocycles. The predicted molar refractivity (Wildman–Crippen MR) is 96.6 cm³/mol. The summed E-state index contributed by atoms with van der Waals surface area (Å²) in [6.07, 6.45) is 1.56. The van der Waals surface area contributed by atoms with Crippen LogP contribution in [-0.2, 0) is 10.0 Å². The lowest BCUT2D eigenvalue weighted by Gasteiger charge is -2.09. The SMILES string of the molecule is COc1ccc(S(=O)(=O)NCCNC(=O)c2ccc3nc[nH]c3c2)cc1. The van der Waals surface area contributed by atoms with Gasteiger partial charge in [0, 0.05) is 18.7 Å². The molecule has 1 amide bonds. The number of nitrogens with zero attached hydrogens (tertiary/aromatic N) is 1. The zero-order valence-electron chi connectivity index (χ0n) is 14.0. The molecule has 2 aromatic carbocycles. The van der Waals surface area contributed by atoms with Crippen molar-refractivity contribution in [1.82, 2.24) is 20.0 Å². The Morgan fingerprint density at radius 2 is 1.92 bits per heavy atom. The van der Waals surface area contributed by atoms with Crippen LogP contribution in [0.1, 0.15) is 10.4 Å². The highest BCUT2D eigenvalue weighted by molar-refractivity contribution is 7.89. The van der Waals surface area contributed by atoms with Gasteiger partial charge in [-0.3, -0.25) is 4.79 Å². The molecule has 0 bridgehead atoms. The Bertz CT molecular complexity index is 1010. The first-order chi connectivity index (χ1) is 12.5. The van der Waals surface area contributed by atoms with Crippen molar-refractivity contribution in [2.24, 2.45) is 0 Å². The standard InChI is InChI=1S/C17H18N4O4S/c1-25-13-3-5-14(6-4-13)26(23,24)21-9-8-18-17(22)12-2-7-15-16(10-12)20-11-19-15/h2-7,10-11,21H,8-9H2,1H3,(H,18,22)(H,19,20). The molecule has 136 valence electrons. The number of amides is 1. The average molecular weight is 374 g/mol. The summed E-state index contributed by atoms with van der Waals surface area (Å²) in [6, 6.07) is 11.2. The van der Waals surface area contributed by atoms with E-state index in [1.165, 1.54) is 19.2 Å². The van der Waals surface area contributed by atoms with Gasteiger partial charge in [0.25, 0.3) is 5.91 Å². The first-order valence-corrected chi connectivity index (χ1v) is 9.33. The number of fused-ring (bicyclic) bond motifs is 1. The summed E-state index contributed by atoms with van der Waals surface area (Å²) < 4.78 is 31.8. The molecule has 9 heteroatoms. The van der Waals surface area contributed by atoms with Crippen LogP contribution in [0.25, 0.3) is 11.0 Å². The van der Waals surface area contributed by atoms with E-state index < -0.39 is 10.0 Å². The number of aromatic nitrogens is 2. The molecule has 0 aliphatic rings. The summed E-state index contributed by atoms with van der Waals surface area (Å²) in [7, 11) is -2.13. The zero-order chi connectivity index (χ0) is 18.6. The van der Waals surface area contributed by atoms with E-state index in [0.29, 0.717) is 11.3 Å². The van der Waals surface area contributed by atoms with Crippen LogP contribution >= 0.6 is 0 Å². The number of aromatic amines is 1. The summed E-state index contributed by atoms with van der Waals surface area (Å²) >= 11 is 0. The number of hydrogen-bond acceptors (Lipinski definition) is 5. The Balaban J connectivity index is 1.53. The van der Waals surface area contributed by atoms with E-state index in [-0.39, 0.29) is 23.9 Å². The van der Waals surface area contributed by atoms with Crippen molar-refractivity contribution in [3.8, 4) is 5.75 Å².